The van der Waals surface area contributed by atoms with Crippen molar-refractivity contribution < 1.29 is 79.9 Å². The van der Waals surface area contributed by atoms with Crippen LogP contribution in [0.2, 0.25) is 0 Å². The third-order valence-corrected chi connectivity index (χ3v) is 8.78. The third-order valence-electron chi connectivity index (χ3n) is 8.78. The average molecular weight is 617 g/mol. The van der Waals surface area contributed by atoms with Crippen LogP contribution in [0, 0.1) is 11.8 Å². The van der Waals surface area contributed by atoms with Crippen molar-refractivity contribution in [3.8, 4) is 0 Å². The van der Waals surface area contributed by atoms with E-state index in [9.17, 15) is 61.0 Å². The number of rotatable bonds is 15. The van der Waals surface area contributed by atoms with Crippen LogP contribution in [0.5, 0.6) is 0 Å². The summed E-state index contributed by atoms with van der Waals surface area (Å²) in [5, 5.41) is 113. The van der Waals surface area contributed by atoms with Gasteiger partial charge in [0.15, 0.2) is 18.9 Å². The van der Waals surface area contributed by atoms with Gasteiger partial charge in [-0.1, -0.05) is 13.8 Å². The highest BCUT2D eigenvalue weighted by molar-refractivity contribution is 5.56. The Morgan fingerprint density at radius 2 is 1.29 bits per heavy atom. The number of aldehydes is 1. The number of ether oxygens (including phenoxy) is 4. The molecular formula is C26H48O16. The predicted octanol–water partition coefficient (Wildman–Crippen LogP) is -4.90. The molecule has 42 heavy (non-hydrogen) atoms. The Kier molecular flexibility index (Phi) is 13.6. The lowest BCUT2D eigenvalue weighted by Gasteiger charge is -2.53. The first-order valence-corrected chi connectivity index (χ1v) is 14.0. The molecule has 0 saturated carbocycles. The lowest BCUT2D eigenvalue weighted by Crippen LogP contribution is -2.67. The molecule has 2 fully saturated rings. The van der Waals surface area contributed by atoms with E-state index in [0.717, 1.165) is 0 Å². The fourth-order valence-corrected chi connectivity index (χ4v) is 5.83. The maximum atomic E-state index is 11.3. The Bertz CT molecular complexity index is 832. The van der Waals surface area contributed by atoms with Gasteiger partial charge < -0.3 is 79.9 Å². The zero-order valence-corrected chi connectivity index (χ0v) is 24.2. The normalized spacial score (nSPS) is 39.9. The first kappa shape index (κ1) is 37.3. The van der Waals surface area contributed by atoms with Gasteiger partial charge in [0.25, 0.3) is 0 Å². The molecule has 11 N–H and O–H groups in total. The molecule has 2 aliphatic rings. The Hall–Kier alpha value is -0.930. The lowest BCUT2D eigenvalue weighted by molar-refractivity contribution is -0.369. The molecule has 2 aliphatic heterocycles. The summed E-state index contributed by atoms with van der Waals surface area (Å²) in [7, 11) is 0. The van der Waals surface area contributed by atoms with Crippen LogP contribution in [0.4, 0.5) is 0 Å². The number of aliphatic hydroxyl groups is 11. The second-order valence-corrected chi connectivity index (χ2v) is 11.4. The van der Waals surface area contributed by atoms with E-state index < -0.39 is 116 Å². The molecule has 0 spiro atoms. The van der Waals surface area contributed by atoms with Crippen molar-refractivity contribution in [1.82, 2.24) is 0 Å². The second kappa shape index (κ2) is 15.4. The van der Waals surface area contributed by atoms with E-state index in [1.54, 1.807) is 13.8 Å². The summed E-state index contributed by atoms with van der Waals surface area (Å²) < 4.78 is 23.2. The molecule has 0 amide bonds. The van der Waals surface area contributed by atoms with Crippen LogP contribution >= 0.6 is 0 Å². The minimum atomic E-state index is -1.95. The van der Waals surface area contributed by atoms with Crippen molar-refractivity contribution in [2.75, 3.05) is 19.8 Å². The van der Waals surface area contributed by atoms with Gasteiger partial charge in [-0.05, 0) is 26.7 Å². The molecular weight excluding hydrogens is 568 g/mol. The number of hydrogen-bond donors (Lipinski definition) is 11. The molecule has 16 nitrogen and oxygen atoms in total. The lowest BCUT2D eigenvalue weighted by atomic mass is 9.74. The molecule has 0 aliphatic carbocycles. The average Bonchev–Trinajstić information content (AvgIpc) is 2.98. The minimum Gasteiger partial charge on any atom is -0.394 e. The largest absolute Gasteiger partial charge is 0.394 e. The fraction of sp³-hybridized carbons (Fsp3) is 0.962. The van der Waals surface area contributed by atoms with Gasteiger partial charge in [-0.25, -0.2) is 0 Å². The molecule has 16 heteroatoms. The summed E-state index contributed by atoms with van der Waals surface area (Å²) in [6, 6.07) is 0. The van der Waals surface area contributed by atoms with Crippen LogP contribution in [0.25, 0.3) is 0 Å². The summed E-state index contributed by atoms with van der Waals surface area (Å²) in [4.78, 5) is 11.1. The van der Waals surface area contributed by atoms with Gasteiger partial charge in [0.05, 0.1) is 55.4 Å². The van der Waals surface area contributed by atoms with Crippen LogP contribution in [0.1, 0.15) is 40.5 Å². The predicted molar refractivity (Wildman–Crippen MR) is 139 cm³/mol. The molecule has 8 unspecified atom stereocenters. The minimum absolute atomic E-state index is 0.0137. The Morgan fingerprint density at radius 1 is 0.762 bits per heavy atom. The van der Waals surface area contributed by atoms with Crippen LogP contribution in [-0.2, 0) is 23.7 Å². The second-order valence-electron chi connectivity index (χ2n) is 11.4. The van der Waals surface area contributed by atoms with Crippen LogP contribution < -0.4 is 0 Å². The van der Waals surface area contributed by atoms with Crippen LogP contribution in [0.15, 0.2) is 0 Å². The van der Waals surface area contributed by atoms with E-state index in [2.05, 4.69) is 0 Å². The number of aliphatic hydroxyl groups excluding tert-OH is 11. The zero-order valence-electron chi connectivity index (χ0n) is 24.2. The van der Waals surface area contributed by atoms with Crippen molar-refractivity contribution in [2.45, 2.75) is 125 Å². The summed E-state index contributed by atoms with van der Waals surface area (Å²) in [6.45, 7) is 3.72. The van der Waals surface area contributed by atoms with E-state index >= 15 is 0 Å². The molecule has 0 aromatic carbocycles. The van der Waals surface area contributed by atoms with Gasteiger partial charge in [0.1, 0.15) is 36.6 Å². The molecule has 0 aromatic heterocycles. The Labute approximate surface area is 243 Å². The topological polar surface area (TPSA) is 277 Å². The van der Waals surface area contributed by atoms with E-state index in [4.69, 9.17) is 18.9 Å². The highest BCUT2D eigenvalue weighted by Gasteiger charge is 2.57. The van der Waals surface area contributed by atoms with Gasteiger partial charge in [-0.15, -0.1) is 0 Å². The molecule has 0 radical (unpaired) electrons. The van der Waals surface area contributed by atoms with Gasteiger partial charge in [0.2, 0.25) is 0 Å². The first-order valence-electron chi connectivity index (χ1n) is 14.0. The highest BCUT2D eigenvalue weighted by atomic mass is 16.7. The number of carbonyl (C=O) groups is 1. The van der Waals surface area contributed by atoms with E-state index in [1.807, 2.05) is 0 Å². The molecule has 16 atom stereocenters. The van der Waals surface area contributed by atoms with Gasteiger partial charge in [-0.3, -0.25) is 0 Å². The van der Waals surface area contributed by atoms with E-state index in [0.29, 0.717) is 0 Å². The number of carbonyl (C=O) groups excluding carboxylic acids is 1. The van der Waals surface area contributed by atoms with Gasteiger partial charge >= 0.3 is 0 Å². The van der Waals surface area contributed by atoms with Gasteiger partial charge in [-0.2, -0.15) is 0 Å². The monoisotopic (exact) mass is 616 g/mol. The maximum Gasteiger partial charge on any atom is 0.187 e. The molecule has 248 valence electrons. The molecule has 2 saturated heterocycles. The molecule has 0 bridgehead atoms. The standard InChI is InChI=1S/C26H48O16/c1-5-25(3,15(11(31)7-27)17(33)12(32)8-28)41-23-21(37)19(35)16(13(9-29)39-23)26(4,6-2)42-24-22(38)20(36)18(34)14(10-30)40-24/h8,11-24,27,29-38H,5-7,9-10H2,1-4H3/t11?,12-,13?,14?,15-,16-,17?,18+,19?,20+,21+,22?,23+,24+,25?,26?/m1/s1. The molecule has 0 aromatic rings. The Balaban J connectivity index is 2.38. The summed E-state index contributed by atoms with van der Waals surface area (Å²) >= 11 is 0. The quantitative estimate of drug-likeness (QED) is 0.0769. The number of hydrogen-bond acceptors (Lipinski definition) is 16. The smallest absolute Gasteiger partial charge is 0.187 e. The van der Waals surface area contributed by atoms with Crippen molar-refractivity contribution in [1.29, 1.82) is 0 Å². The van der Waals surface area contributed by atoms with E-state index in [1.165, 1.54) is 13.8 Å². The van der Waals surface area contributed by atoms with Crippen molar-refractivity contribution in [3.63, 3.8) is 0 Å². The SMILES string of the molecule is CCC(C)(O[C@@H]1OC(CO)[C@@H](C(C)(CC)O[C@@H]2OC(CO)[C@H](O)[C@H](O)C2O)C(O)[C@@H]1O)[C@H](C(O)CO)C(O)[C@H](O)C=O. The third kappa shape index (κ3) is 7.47. The highest BCUT2D eigenvalue weighted by Crippen LogP contribution is 2.43. The van der Waals surface area contributed by atoms with Crippen molar-refractivity contribution in [3.05, 3.63) is 0 Å². The van der Waals surface area contributed by atoms with E-state index in [-0.39, 0.29) is 19.1 Å². The zero-order chi connectivity index (χ0) is 32.2. The summed E-state index contributed by atoms with van der Waals surface area (Å²) in [5.74, 6) is -2.70. The fourth-order valence-electron chi connectivity index (χ4n) is 5.83. The molecule has 2 heterocycles. The summed E-state index contributed by atoms with van der Waals surface area (Å²) in [5.41, 5.74) is -3.20. The Morgan fingerprint density at radius 3 is 1.76 bits per heavy atom. The van der Waals surface area contributed by atoms with Gasteiger partial charge in [0, 0.05) is 11.8 Å². The van der Waals surface area contributed by atoms with Crippen molar-refractivity contribution in [2.24, 2.45) is 11.8 Å². The van der Waals surface area contributed by atoms with Crippen molar-refractivity contribution >= 4 is 6.29 Å². The maximum absolute atomic E-state index is 11.3. The van der Waals surface area contributed by atoms with Crippen LogP contribution in [-0.4, -0.2) is 167 Å². The summed E-state index contributed by atoms with van der Waals surface area (Å²) in [6.07, 6.45) is -20.0. The first-order chi connectivity index (χ1) is 19.6. The molecule has 2 rings (SSSR count). The van der Waals surface area contributed by atoms with Crippen LogP contribution in [0.3, 0.4) is 0 Å².